The van der Waals surface area contributed by atoms with Crippen molar-refractivity contribution in [3.63, 3.8) is 0 Å². The highest BCUT2D eigenvalue weighted by Crippen LogP contribution is 2.45. The van der Waals surface area contributed by atoms with E-state index in [1.807, 2.05) is 39.0 Å². The third-order valence-electron chi connectivity index (χ3n) is 6.78. The number of nitrogens with one attached hydrogen (secondary N) is 1. The number of rotatable bonds is 7. The van der Waals surface area contributed by atoms with Gasteiger partial charge >= 0.3 is 0 Å². The van der Waals surface area contributed by atoms with Crippen LogP contribution < -0.4 is 10.1 Å². The van der Waals surface area contributed by atoms with E-state index < -0.39 is 12.1 Å². The van der Waals surface area contributed by atoms with Crippen molar-refractivity contribution >= 4 is 16.8 Å². The summed E-state index contributed by atoms with van der Waals surface area (Å²) < 4.78 is 35.6. The maximum absolute atomic E-state index is 14.2. The highest BCUT2D eigenvalue weighted by Gasteiger charge is 2.45. The topological polar surface area (TPSA) is 56.1 Å². The van der Waals surface area contributed by atoms with E-state index >= 15 is 0 Å². The Morgan fingerprint density at radius 2 is 1.77 bits per heavy atom. The van der Waals surface area contributed by atoms with E-state index in [0.29, 0.717) is 11.3 Å². The van der Waals surface area contributed by atoms with Gasteiger partial charge in [0.25, 0.3) is 0 Å². The van der Waals surface area contributed by atoms with E-state index in [2.05, 4.69) is 10.4 Å². The summed E-state index contributed by atoms with van der Waals surface area (Å²) in [5, 5.41) is 8.36. The molecule has 2 unspecified atom stereocenters. The van der Waals surface area contributed by atoms with Crippen molar-refractivity contribution in [2.75, 3.05) is 0 Å². The lowest BCUT2D eigenvalue weighted by Gasteiger charge is -2.28. The van der Waals surface area contributed by atoms with Crippen LogP contribution in [0.15, 0.2) is 66.9 Å². The van der Waals surface area contributed by atoms with Crippen LogP contribution in [0, 0.1) is 24.0 Å². The fourth-order valence-electron chi connectivity index (χ4n) is 4.24. The standard InChI is InChI=1S/C28H27F2N3O2/c1-17-4-5-21(30)15-24(17)26(18(2)32-27(34)28(3)12-13-28)35-23-10-11-25-19(14-23)16-31-33(25)22-8-6-20(29)7-9-22/h4-11,14-16,18,26H,12-13H2,1-3H3,(H,32,34). The number of carbonyl (C=O) groups is 1. The number of fused-ring (bicyclic) bond motifs is 1. The molecule has 5 rings (SSSR count). The van der Waals surface area contributed by atoms with Gasteiger partial charge in [-0.3, -0.25) is 4.79 Å². The number of ether oxygens (including phenoxy) is 1. The van der Waals surface area contributed by atoms with Crippen molar-refractivity contribution in [3.05, 3.63) is 89.6 Å². The first kappa shape index (κ1) is 23.0. The van der Waals surface area contributed by atoms with Crippen molar-refractivity contribution in [3.8, 4) is 11.4 Å². The van der Waals surface area contributed by atoms with Crippen LogP contribution in [0.25, 0.3) is 16.6 Å². The van der Waals surface area contributed by atoms with Crippen LogP contribution >= 0.6 is 0 Å². The molecule has 1 N–H and O–H groups in total. The van der Waals surface area contributed by atoms with Crippen molar-refractivity contribution in [2.45, 2.75) is 45.8 Å². The van der Waals surface area contributed by atoms with Crippen LogP contribution in [0.2, 0.25) is 0 Å². The number of aromatic nitrogens is 2. The predicted octanol–water partition coefficient (Wildman–Crippen LogP) is 6.04. The molecular formula is C28H27F2N3O2. The third kappa shape index (κ3) is 4.63. The van der Waals surface area contributed by atoms with E-state index in [1.165, 1.54) is 24.3 Å². The van der Waals surface area contributed by atoms with Crippen LogP contribution in [0.5, 0.6) is 5.75 Å². The quantitative estimate of drug-likeness (QED) is 0.355. The van der Waals surface area contributed by atoms with Crippen LogP contribution in [0.4, 0.5) is 8.78 Å². The van der Waals surface area contributed by atoms with E-state index in [0.717, 1.165) is 35.0 Å². The highest BCUT2D eigenvalue weighted by molar-refractivity contribution is 5.85. The Hall–Kier alpha value is -3.74. The molecule has 35 heavy (non-hydrogen) atoms. The van der Waals surface area contributed by atoms with Crippen LogP contribution in [-0.2, 0) is 4.79 Å². The number of carbonyl (C=O) groups excluding carboxylic acids is 1. The molecule has 5 nitrogen and oxygen atoms in total. The van der Waals surface area contributed by atoms with Crippen LogP contribution in [0.1, 0.15) is 43.9 Å². The molecule has 0 saturated heterocycles. The summed E-state index contributed by atoms with van der Waals surface area (Å²) in [5.41, 5.74) is 2.81. The summed E-state index contributed by atoms with van der Waals surface area (Å²) in [7, 11) is 0. The first-order valence-corrected chi connectivity index (χ1v) is 11.7. The Morgan fingerprint density at radius 1 is 1.06 bits per heavy atom. The molecule has 0 aliphatic heterocycles. The fourth-order valence-corrected chi connectivity index (χ4v) is 4.24. The fraction of sp³-hybridized carbons (Fsp3) is 0.286. The molecule has 1 saturated carbocycles. The number of hydrogen-bond donors (Lipinski definition) is 1. The molecule has 1 heterocycles. The molecule has 1 fully saturated rings. The number of aryl methyl sites for hydroxylation is 1. The number of halogens is 2. The van der Waals surface area contributed by atoms with Gasteiger partial charge in [-0.1, -0.05) is 13.0 Å². The Labute approximate surface area is 202 Å². The van der Waals surface area contributed by atoms with Gasteiger partial charge in [-0.15, -0.1) is 0 Å². The highest BCUT2D eigenvalue weighted by atomic mass is 19.1. The average Bonchev–Trinajstić information content (AvgIpc) is 3.46. The number of benzene rings is 3. The lowest BCUT2D eigenvalue weighted by atomic mass is 9.97. The largest absolute Gasteiger partial charge is 0.484 e. The maximum atomic E-state index is 14.2. The predicted molar refractivity (Wildman–Crippen MR) is 130 cm³/mol. The number of hydrogen-bond acceptors (Lipinski definition) is 3. The first-order valence-electron chi connectivity index (χ1n) is 11.7. The molecule has 3 aromatic carbocycles. The minimum absolute atomic E-state index is 0.0105. The summed E-state index contributed by atoms with van der Waals surface area (Å²) in [6.45, 7) is 5.73. The molecule has 1 aromatic heterocycles. The Bertz CT molecular complexity index is 1390. The monoisotopic (exact) mass is 475 g/mol. The minimum atomic E-state index is -0.596. The molecule has 1 aliphatic carbocycles. The smallest absolute Gasteiger partial charge is 0.226 e. The second-order valence-corrected chi connectivity index (χ2v) is 9.62. The van der Waals surface area contributed by atoms with Gasteiger partial charge in [0, 0.05) is 16.4 Å². The van der Waals surface area contributed by atoms with E-state index in [-0.39, 0.29) is 23.0 Å². The second-order valence-electron chi connectivity index (χ2n) is 9.62. The summed E-state index contributed by atoms with van der Waals surface area (Å²) in [6.07, 6.45) is 2.85. The Morgan fingerprint density at radius 3 is 2.49 bits per heavy atom. The van der Waals surface area contributed by atoms with E-state index in [1.54, 1.807) is 29.1 Å². The number of nitrogens with zero attached hydrogens (tertiary/aromatic N) is 2. The van der Waals surface area contributed by atoms with Gasteiger partial charge in [-0.25, -0.2) is 13.5 Å². The van der Waals surface area contributed by atoms with Gasteiger partial charge in [0.1, 0.15) is 23.5 Å². The van der Waals surface area contributed by atoms with Crippen LogP contribution in [-0.4, -0.2) is 21.7 Å². The van der Waals surface area contributed by atoms with Gasteiger partial charge < -0.3 is 10.1 Å². The van der Waals surface area contributed by atoms with Crippen molar-refractivity contribution < 1.29 is 18.3 Å². The van der Waals surface area contributed by atoms with Gasteiger partial charge in [-0.2, -0.15) is 5.10 Å². The van der Waals surface area contributed by atoms with Gasteiger partial charge in [0.15, 0.2) is 0 Å². The van der Waals surface area contributed by atoms with Crippen LogP contribution in [0.3, 0.4) is 0 Å². The van der Waals surface area contributed by atoms with Crippen molar-refractivity contribution in [1.82, 2.24) is 15.1 Å². The molecule has 1 amide bonds. The molecule has 0 bridgehead atoms. The average molecular weight is 476 g/mol. The summed E-state index contributed by atoms with van der Waals surface area (Å²) in [4.78, 5) is 12.7. The Kier molecular flexibility index (Phi) is 5.79. The summed E-state index contributed by atoms with van der Waals surface area (Å²) in [5.74, 6) is -0.105. The Balaban J connectivity index is 1.46. The van der Waals surface area contributed by atoms with Crippen molar-refractivity contribution in [2.24, 2.45) is 5.41 Å². The SMILES string of the molecule is Cc1ccc(F)cc1C(Oc1ccc2c(cnn2-c2ccc(F)cc2)c1)C(C)NC(=O)C1(C)CC1. The molecule has 0 radical (unpaired) electrons. The lowest BCUT2D eigenvalue weighted by Crippen LogP contribution is -2.42. The maximum Gasteiger partial charge on any atom is 0.226 e. The summed E-state index contributed by atoms with van der Waals surface area (Å²) >= 11 is 0. The third-order valence-corrected chi connectivity index (χ3v) is 6.78. The summed E-state index contributed by atoms with van der Waals surface area (Å²) in [6, 6.07) is 15.9. The number of amides is 1. The van der Waals surface area contributed by atoms with E-state index in [4.69, 9.17) is 4.74 Å². The molecule has 7 heteroatoms. The molecular weight excluding hydrogens is 448 g/mol. The van der Waals surface area contributed by atoms with Gasteiger partial charge in [0.05, 0.1) is 23.4 Å². The van der Waals surface area contributed by atoms with Gasteiger partial charge in [0.2, 0.25) is 5.91 Å². The minimum Gasteiger partial charge on any atom is -0.484 e. The second kappa shape index (κ2) is 8.80. The molecule has 2 atom stereocenters. The van der Waals surface area contributed by atoms with Gasteiger partial charge in [-0.05, 0) is 86.8 Å². The van der Waals surface area contributed by atoms with E-state index in [9.17, 15) is 13.6 Å². The molecule has 180 valence electrons. The molecule has 4 aromatic rings. The lowest BCUT2D eigenvalue weighted by molar-refractivity contribution is -0.127. The molecule has 1 aliphatic rings. The zero-order chi connectivity index (χ0) is 24.7. The zero-order valence-corrected chi connectivity index (χ0v) is 19.9. The zero-order valence-electron chi connectivity index (χ0n) is 19.9. The normalized spacial score (nSPS) is 16.0. The van der Waals surface area contributed by atoms with Crippen molar-refractivity contribution in [1.29, 1.82) is 0 Å². The first-order chi connectivity index (χ1) is 16.7. The molecule has 0 spiro atoms.